The van der Waals surface area contributed by atoms with E-state index in [0.29, 0.717) is 6.61 Å². The molecule has 0 aliphatic heterocycles. The molecular formula is C8H7Cl2NO. The first-order valence-corrected chi connectivity index (χ1v) is 4.09. The topological polar surface area (TPSA) is 21.6 Å². The van der Waals surface area contributed by atoms with Crippen LogP contribution in [0.3, 0.4) is 0 Å². The summed E-state index contributed by atoms with van der Waals surface area (Å²) in [5.41, 5.74) is 1.02. The van der Waals surface area contributed by atoms with Gasteiger partial charge in [-0.1, -0.05) is 35.5 Å². The van der Waals surface area contributed by atoms with E-state index in [9.17, 15) is 0 Å². The minimum absolute atomic E-state index is 0.120. The van der Waals surface area contributed by atoms with Crippen LogP contribution in [0.4, 0.5) is 0 Å². The van der Waals surface area contributed by atoms with Crippen LogP contribution in [-0.4, -0.2) is 4.63 Å². The Kier molecular flexibility index (Phi) is 3.91. The van der Waals surface area contributed by atoms with Gasteiger partial charge in [0.05, 0.1) is 0 Å². The second kappa shape index (κ2) is 5.01. The molecule has 0 aromatic heterocycles. The van der Waals surface area contributed by atoms with Crippen LogP contribution < -0.4 is 0 Å². The molecule has 4 heteroatoms. The van der Waals surface area contributed by atoms with Crippen molar-refractivity contribution < 1.29 is 4.84 Å². The Morgan fingerprint density at radius 2 is 1.92 bits per heavy atom. The fraction of sp³-hybridized carbons (Fsp3) is 0.125. The fourth-order valence-corrected chi connectivity index (χ4v) is 0.827. The van der Waals surface area contributed by atoms with Crippen LogP contribution in [0.25, 0.3) is 0 Å². The van der Waals surface area contributed by atoms with Crippen LogP contribution in [0.15, 0.2) is 35.5 Å². The lowest BCUT2D eigenvalue weighted by Crippen LogP contribution is -1.86. The van der Waals surface area contributed by atoms with E-state index >= 15 is 0 Å². The lowest BCUT2D eigenvalue weighted by molar-refractivity contribution is 0.132. The first-order valence-electron chi connectivity index (χ1n) is 3.34. The molecule has 2 nitrogen and oxygen atoms in total. The Hall–Kier alpha value is -0.730. The molecule has 1 aromatic carbocycles. The van der Waals surface area contributed by atoms with Crippen molar-refractivity contribution >= 4 is 27.8 Å². The van der Waals surface area contributed by atoms with Gasteiger partial charge in [-0.05, 0) is 28.8 Å². The molecule has 0 unspecified atom stereocenters. The van der Waals surface area contributed by atoms with Crippen molar-refractivity contribution in [3.8, 4) is 0 Å². The van der Waals surface area contributed by atoms with Gasteiger partial charge in [0.25, 0.3) is 0 Å². The van der Waals surface area contributed by atoms with Gasteiger partial charge in [0.1, 0.15) is 6.61 Å². The number of benzene rings is 1. The predicted octanol–water partition coefficient (Wildman–Crippen LogP) is 2.95. The molecule has 0 saturated carbocycles. The highest BCUT2D eigenvalue weighted by molar-refractivity contribution is 6.95. The van der Waals surface area contributed by atoms with E-state index in [1.54, 1.807) is 0 Å². The Balaban J connectivity index is 2.39. The average molecular weight is 204 g/mol. The summed E-state index contributed by atoms with van der Waals surface area (Å²) in [6.45, 7) is 0.379. The average Bonchev–Trinajstić information content (AvgIpc) is 2.05. The second-order valence-corrected chi connectivity index (χ2v) is 3.00. The van der Waals surface area contributed by atoms with Gasteiger partial charge in [0.2, 0.25) is 4.63 Å². The molecule has 0 amide bonds. The van der Waals surface area contributed by atoms with Crippen LogP contribution >= 0.6 is 23.2 Å². The fourth-order valence-electron chi connectivity index (χ4n) is 0.730. The van der Waals surface area contributed by atoms with Gasteiger partial charge in [0.15, 0.2) is 0 Å². The molecule has 0 aliphatic carbocycles. The molecule has 12 heavy (non-hydrogen) atoms. The maximum absolute atomic E-state index is 5.23. The van der Waals surface area contributed by atoms with Crippen molar-refractivity contribution in [3.05, 3.63) is 35.9 Å². The summed E-state index contributed by atoms with van der Waals surface area (Å²) in [5, 5.41) is 3.37. The van der Waals surface area contributed by atoms with E-state index in [2.05, 4.69) is 5.16 Å². The standard InChI is InChI=1S/C8H7Cl2NO/c9-8(10)11-12-6-7-4-2-1-3-5-7/h1-5H,6H2. The van der Waals surface area contributed by atoms with Gasteiger partial charge in [-0.15, -0.1) is 0 Å². The highest BCUT2D eigenvalue weighted by atomic mass is 35.5. The predicted molar refractivity (Wildman–Crippen MR) is 50.4 cm³/mol. The molecular weight excluding hydrogens is 197 g/mol. The van der Waals surface area contributed by atoms with Crippen molar-refractivity contribution in [2.45, 2.75) is 6.61 Å². The van der Waals surface area contributed by atoms with E-state index in [-0.39, 0.29) is 4.63 Å². The molecule has 0 radical (unpaired) electrons. The molecule has 0 atom stereocenters. The first kappa shape index (κ1) is 9.36. The molecule has 0 spiro atoms. The Morgan fingerprint density at radius 3 is 2.50 bits per heavy atom. The summed E-state index contributed by atoms with van der Waals surface area (Å²) in [7, 11) is 0. The quantitative estimate of drug-likeness (QED) is 0.547. The van der Waals surface area contributed by atoms with Crippen molar-refractivity contribution in [3.63, 3.8) is 0 Å². The summed E-state index contributed by atoms with van der Waals surface area (Å²) in [6.07, 6.45) is 0. The van der Waals surface area contributed by atoms with E-state index in [0.717, 1.165) is 5.56 Å². The maximum atomic E-state index is 5.23. The molecule has 0 aliphatic rings. The summed E-state index contributed by atoms with van der Waals surface area (Å²) < 4.78 is -0.120. The molecule has 1 rings (SSSR count). The molecule has 0 N–H and O–H groups in total. The lowest BCUT2D eigenvalue weighted by Gasteiger charge is -1.97. The second-order valence-electron chi connectivity index (χ2n) is 2.09. The van der Waals surface area contributed by atoms with E-state index in [1.165, 1.54) is 0 Å². The maximum Gasteiger partial charge on any atom is 0.235 e. The van der Waals surface area contributed by atoms with Crippen LogP contribution in [0.1, 0.15) is 5.56 Å². The smallest absolute Gasteiger partial charge is 0.235 e. The summed E-state index contributed by atoms with van der Waals surface area (Å²) in [6, 6.07) is 9.63. The minimum Gasteiger partial charge on any atom is -0.389 e. The van der Waals surface area contributed by atoms with Crippen LogP contribution in [0.5, 0.6) is 0 Å². The SMILES string of the molecule is ClC(Cl)=NOCc1ccccc1. The van der Waals surface area contributed by atoms with E-state index in [4.69, 9.17) is 28.0 Å². The van der Waals surface area contributed by atoms with Crippen molar-refractivity contribution in [2.75, 3.05) is 0 Å². The summed E-state index contributed by atoms with van der Waals surface area (Å²) >= 11 is 10.5. The first-order chi connectivity index (χ1) is 5.79. The molecule has 0 bridgehead atoms. The van der Waals surface area contributed by atoms with Crippen molar-refractivity contribution in [2.24, 2.45) is 5.16 Å². The third-order valence-electron chi connectivity index (χ3n) is 1.21. The third kappa shape index (κ3) is 3.60. The number of hydrogen-bond donors (Lipinski definition) is 0. The zero-order valence-electron chi connectivity index (χ0n) is 6.21. The van der Waals surface area contributed by atoms with Crippen molar-refractivity contribution in [1.29, 1.82) is 0 Å². The van der Waals surface area contributed by atoms with Crippen LogP contribution in [-0.2, 0) is 11.4 Å². The van der Waals surface area contributed by atoms with Gasteiger partial charge in [-0.2, -0.15) is 0 Å². The Labute approximate surface area is 80.7 Å². The summed E-state index contributed by atoms with van der Waals surface area (Å²) in [4.78, 5) is 4.81. The number of halogens is 2. The third-order valence-corrected chi connectivity index (χ3v) is 1.35. The molecule has 0 saturated heterocycles. The molecule has 0 heterocycles. The van der Waals surface area contributed by atoms with E-state index in [1.807, 2.05) is 30.3 Å². The Morgan fingerprint density at radius 1 is 1.25 bits per heavy atom. The summed E-state index contributed by atoms with van der Waals surface area (Å²) in [5.74, 6) is 0. The van der Waals surface area contributed by atoms with Gasteiger partial charge in [-0.25, -0.2) is 0 Å². The lowest BCUT2D eigenvalue weighted by atomic mass is 10.2. The van der Waals surface area contributed by atoms with Crippen LogP contribution in [0, 0.1) is 0 Å². The van der Waals surface area contributed by atoms with Crippen molar-refractivity contribution in [1.82, 2.24) is 0 Å². The van der Waals surface area contributed by atoms with Gasteiger partial charge < -0.3 is 4.84 Å². The minimum atomic E-state index is -0.120. The number of nitrogens with zero attached hydrogens (tertiary/aromatic N) is 1. The molecule has 64 valence electrons. The highest BCUT2D eigenvalue weighted by Crippen LogP contribution is 2.01. The van der Waals surface area contributed by atoms with Gasteiger partial charge in [-0.3, -0.25) is 0 Å². The monoisotopic (exact) mass is 203 g/mol. The van der Waals surface area contributed by atoms with Gasteiger partial charge in [0, 0.05) is 0 Å². The normalized spacial score (nSPS) is 9.17. The Bertz CT molecular complexity index is 257. The van der Waals surface area contributed by atoms with Gasteiger partial charge >= 0.3 is 0 Å². The zero-order chi connectivity index (χ0) is 8.81. The molecule has 0 fully saturated rings. The van der Waals surface area contributed by atoms with E-state index < -0.39 is 0 Å². The number of oxime groups is 1. The number of hydrogen-bond acceptors (Lipinski definition) is 2. The largest absolute Gasteiger partial charge is 0.389 e. The zero-order valence-corrected chi connectivity index (χ0v) is 7.72. The molecule has 1 aromatic rings. The van der Waals surface area contributed by atoms with Crippen LogP contribution in [0.2, 0.25) is 0 Å². The highest BCUT2D eigenvalue weighted by Gasteiger charge is 1.90. The number of rotatable bonds is 3.